The molecule has 0 saturated carbocycles. The van der Waals surface area contributed by atoms with Gasteiger partial charge in [-0.25, -0.2) is 0 Å². The van der Waals surface area contributed by atoms with E-state index in [9.17, 15) is 9.59 Å². The van der Waals surface area contributed by atoms with E-state index in [0.29, 0.717) is 18.8 Å². The first-order valence-corrected chi connectivity index (χ1v) is 7.30. The van der Waals surface area contributed by atoms with E-state index in [1.54, 1.807) is 4.68 Å². The number of nitrogens with zero attached hydrogens (tertiary/aromatic N) is 2. The number of aromatic nitrogens is 2. The second-order valence-corrected chi connectivity index (χ2v) is 5.93. The summed E-state index contributed by atoms with van der Waals surface area (Å²) >= 11 is 0. The molecule has 0 aliphatic carbocycles. The summed E-state index contributed by atoms with van der Waals surface area (Å²) in [5.74, 6) is -0.0438. The highest BCUT2D eigenvalue weighted by molar-refractivity contribution is 6.00. The van der Waals surface area contributed by atoms with Crippen molar-refractivity contribution >= 4 is 22.7 Å². The van der Waals surface area contributed by atoms with Crippen LogP contribution in [0.25, 0.3) is 10.9 Å². The fourth-order valence-corrected chi connectivity index (χ4v) is 2.83. The van der Waals surface area contributed by atoms with Gasteiger partial charge in [0.1, 0.15) is 6.04 Å². The van der Waals surface area contributed by atoms with E-state index in [2.05, 4.69) is 42.5 Å². The minimum atomic E-state index is -0.402. The van der Waals surface area contributed by atoms with Crippen LogP contribution >= 0.6 is 0 Å². The molecule has 3 rings (SSSR count). The Morgan fingerprint density at radius 2 is 2.10 bits per heavy atom. The molecule has 0 spiro atoms. The van der Waals surface area contributed by atoms with Gasteiger partial charge in [-0.1, -0.05) is 26.0 Å². The van der Waals surface area contributed by atoms with E-state index in [1.165, 1.54) is 5.56 Å². The predicted molar refractivity (Wildman–Crippen MR) is 80.0 cm³/mol. The molecule has 110 valence electrons. The second-order valence-electron chi connectivity index (χ2n) is 5.93. The number of aryl methyl sites for hydroxylation is 1. The van der Waals surface area contributed by atoms with E-state index in [0.717, 1.165) is 16.6 Å². The van der Waals surface area contributed by atoms with Crippen molar-refractivity contribution in [1.82, 2.24) is 15.1 Å². The van der Waals surface area contributed by atoms with Gasteiger partial charge in [0, 0.05) is 11.8 Å². The zero-order valence-electron chi connectivity index (χ0n) is 12.5. The lowest BCUT2D eigenvalue weighted by Gasteiger charge is -2.22. The molecule has 1 aromatic carbocycles. The molecule has 1 aromatic heterocycles. The third-order valence-corrected chi connectivity index (χ3v) is 4.09. The quantitative estimate of drug-likeness (QED) is 0.862. The average Bonchev–Trinajstić information content (AvgIpc) is 2.75. The van der Waals surface area contributed by atoms with E-state index in [4.69, 9.17) is 0 Å². The molecule has 1 atom stereocenters. The number of hydrogen-bond donors (Lipinski definition) is 1. The van der Waals surface area contributed by atoms with Gasteiger partial charge in [-0.3, -0.25) is 19.6 Å². The highest BCUT2D eigenvalue weighted by atomic mass is 16.2. The standard InChI is InChI=1S/C16H19N3O2/c1-9(2)11-4-5-12-10(3)18-19(14(12)8-11)13-6-7-15(20)17-16(13)21/h4-5,8-9,13H,6-7H2,1-3H3,(H,17,20,21). The van der Waals surface area contributed by atoms with Gasteiger partial charge in [0.05, 0.1) is 11.2 Å². The van der Waals surface area contributed by atoms with Crippen LogP contribution in [0, 0.1) is 6.92 Å². The van der Waals surface area contributed by atoms with Crippen molar-refractivity contribution < 1.29 is 9.59 Å². The largest absolute Gasteiger partial charge is 0.295 e. The van der Waals surface area contributed by atoms with Crippen LogP contribution in [0.2, 0.25) is 0 Å². The summed E-state index contributed by atoms with van der Waals surface area (Å²) in [7, 11) is 0. The number of nitrogens with one attached hydrogen (secondary N) is 1. The Hall–Kier alpha value is -2.17. The van der Waals surface area contributed by atoms with E-state index < -0.39 is 6.04 Å². The number of benzene rings is 1. The van der Waals surface area contributed by atoms with Crippen LogP contribution in [0.5, 0.6) is 0 Å². The van der Waals surface area contributed by atoms with Crippen molar-refractivity contribution in [2.24, 2.45) is 0 Å². The lowest BCUT2D eigenvalue weighted by atomic mass is 10.0. The molecular weight excluding hydrogens is 266 g/mol. The molecule has 5 heteroatoms. The number of imide groups is 1. The summed E-state index contributed by atoms with van der Waals surface area (Å²) in [6.07, 6.45) is 0.869. The maximum Gasteiger partial charge on any atom is 0.251 e. The number of fused-ring (bicyclic) bond motifs is 1. The summed E-state index contributed by atoms with van der Waals surface area (Å²) in [6, 6.07) is 5.87. The molecule has 2 heterocycles. The van der Waals surface area contributed by atoms with E-state index in [1.807, 2.05) is 6.92 Å². The smallest absolute Gasteiger partial charge is 0.251 e. The minimum Gasteiger partial charge on any atom is -0.295 e. The number of rotatable bonds is 2. The van der Waals surface area contributed by atoms with Gasteiger partial charge >= 0.3 is 0 Å². The molecule has 2 amide bonds. The Morgan fingerprint density at radius 1 is 1.33 bits per heavy atom. The van der Waals surface area contributed by atoms with Crippen molar-refractivity contribution in [3.05, 3.63) is 29.5 Å². The molecule has 2 aromatic rings. The molecule has 1 N–H and O–H groups in total. The number of hydrogen-bond acceptors (Lipinski definition) is 3. The van der Waals surface area contributed by atoms with Crippen molar-refractivity contribution in [3.8, 4) is 0 Å². The van der Waals surface area contributed by atoms with Crippen LogP contribution in [-0.4, -0.2) is 21.6 Å². The predicted octanol–water partition coefficient (Wildman–Crippen LogP) is 2.45. The SMILES string of the molecule is Cc1nn(C2CCC(=O)NC2=O)c2cc(C(C)C)ccc12. The summed E-state index contributed by atoms with van der Waals surface area (Å²) in [4.78, 5) is 23.4. The van der Waals surface area contributed by atoms with Gasteiger partial charge in [0.15, 0.2) is 0 Å². The van der Waals surface area contributed by atoms with Gasteiger partial charge < -0.3 is 0 Å². The summed E-state index contributed by atoms with van der Waals surface area (Å²) in [5, 5.41) is 7.99. The number of carbonyl (C=O) groups is 2. The first kappa shape index (κ1) is 13.8. The van der Waals surface area contributed by atoms with Crippen molar-refractivity contribution in [2.45, 2.75) is 45.6 Å². The molecule has 1 unspecified atom stereocenters. The normalized spacial score (nSPS) is 19.3. The molecule has 0 radical (unpaired) electrons. The van der Waals surface area contributed by atoms with Gasteiger partial charge in [0.2, 0.25) is 5.91 Å². The molecule has 0 bridgehead atoms. The van der Waals surface area contributed by atoms with Crippen LogP contribution in [-0.2, 0) is 9.59 Å². The van der Waals surface area contributed by atoms with Crippen LogP contribution in [0.1, 0.15) is 49.9 Å². The minimum absolute atomic E-state index is 0.202. The fraction of sp³-hybridized carbons (Fsp3) is 0.438. The summed E-state index contributed by atoms with van der Waals surface area (Å²) < 4.78 is 1.78. The molecule has 21 heavy (non-hydrogen) atoms. The molecule has 5 nitrogen and oxygen atoms in total. The zero-order valence-corrected chi connectivity index (χ0v) is 12.5. The first-order chi connectivity index (χ1) is 9.97. The highest BCUT2D eigenvalue weighted by Crippen LogP contribution is 2.28. The Labute approximate surface area is 123 Å². The topological polar surface area (TPSA) is 64.0 Å². The zero-order chi connectivity index (χ0) is 15.1. The van der Waals surface area contributed by atoms with Crippen molar-refractivity contribution in [1.29, 1.82) is 0 Å². The molecule has 1 fully saturated rings. The Morgan fingerprint density at radius 3 is 2.76 bits per heavy atom. The Bertz CT molecular complexity index is 730. The van der Waals surface area contributed by atoms with Crippen LogP contribution in [0.15, 0.2) is 18.2 Å². The lowest BCUT2D eigenvalue weighted by Crippen LogP contribution is -2.42. The monoisotopic (exact) mass is 285 g/mol. The van der Waals surface area contributed by atoms with Gasteiger partial charge in [-0.05, 0) is 30.9 Å². The van der Waals surface area contributed by atoms with E-state index >= 15 is 0 Å². The number of piperidine rings is 1. The van der Waals surface area contributed by atoms with Gasteiger partial charge in [-0.15, -0.1) is 0 Å². The third-order valence-electron chi connectivity index (χ3n) is 4.09. The Kier molecular flexibility index (Phi) is 3.27. The molecule has 1 saturated heterocycles. The molecular formula is C16H19N3O2. The summed E-state index contributed by atoms with van der Waals surface area (Å²) in [6.45, 7) is 6.22. The first-order valence-electron chi connectivity index (χ1n) is 7.30. The van der Waals surface area contributed by atoms with Crippen LogP contribution in [0.4, 0.5) is 0 Å². The Balaban J connectivity index is 2.11. The van der Waals surface area contributed by atoms with Gasteiger partial charge in [0.25, 0.3) is 5.91 Å². The van der Waals surface area contributed by atoms with Crippen molar-refractivity contribution in [2.75, 3.05) is 0 Å². The van der Waals surface area contributed by atoms with Crippen LogP contribution in [0.3, 0.4) is 0 Å². The lowest BCUT2D eigenvalue weighted by molar-refractivity contribution is -0.135. The maximum atomic E-state index is 12.1. The van der Waals surface area contributed by atoms with Gasteiger partial charge in [-0.2, -0.15) is 5.10 Å². The summed E-state index contributed by atoms with van der Waals surface area (Å²) in [5.41, 5.74) is 3.09. The molecule has 1 aliphatic heterocycles. The third kappa shape index (κ3) is 2.33. The molecule has 1 aliphatic rings. The highest BCUT2D eigenvalue weighted by Gasteiger charge is 2.30. The average molecular weight is 285 g/mol. The number of amides is 2. The second kappa shape index (κ2) is 4.98. The number of carbonyl (C=O) groups excluding carboxylic acids is 2. The van der Waals surface area contributed by atoms with Crippen LogP contribution < -0.4 is 5.32 Å². The maximum absolute atomic E-state index is 12.1. The van der Waals surface area contributed by atoms with E-state index in [-0.39, 0.29) is 11.8 Å². The fourth-order valence-electron chi connectivity index (χ4n) is 2.83. The van der Waals surface area contributed by atoms with Crippen molar-refractivity contribution in [3.63, 3.8) is 0 Å².